The van der Waals surface area contributed by atoms with Gasteiger partial charge in [0.15, 0.2) is 0 Å². The Morgan fingerprint density at radius 2 is 1.16 bits per heavy atom. The monoisotopic (exact) mass is 782 g/mol. The maximum atomic E-state index is 6.49. The third-order valence-electron chi connectivity index (χ3n) is 12.3. The van der Waals surface area contributed by atoms with E-state index in [0.717, 1.165) is 67.0 Å². The molecule has 1 N–H and O–H groups in total. The topological polar surface area (TPSA) is 55.4 Å². The molecule has 8 aromatic carbocycles. The van der Waals surface area contributed by atoms with Gasteiger partial charge in [0.05, 0.1) is 39.5 Å². The van der Waals surface area contributed by atoms with Crippen LogP contribution in [-0.4, -0.2) is 15.4 Å². The number of fused-ring (bicyclic) bond motifs is 7. The van der Waals surface area contributed by atoms with Crippen molar-refractivity contribution in [2.45, 2.75) is 13.0 Å². The molecule has 288 valence electrons. The zero-order valence-electron chi connectivity index (χ0n) is 33.4. The van der Waals surface area contributed by atoms with Crippen molar-refractivity contribution >= 4 is 66.0 Å². The molecule has 1 atom stereocenters. The molecule has 0 saturated carbocycles. The number of rotatable bonds is 6. The minimum absolute atomic E-state index is 0.00551. The highest BCUT2D eigenvalue weighted by molar-refractivity contribution is 6.14. The van der Waals surface area contributed by atoms with Crippen LogP contribution in [0.5, 0.6) is 0 Å². The van der Waals surface area contributed by atoms with Gasteiger partial charge in [-0.05, 0) is 77.0 Å². The number of hydrogen-bond donors (Lipinski definition) is 1. The first-order valence-corrected chi connectivity index (χ1v) is 20.8. The van der Waals surface area contributed by atoms with E-state index in [9.17, 15) is 0 Å². The van der Waals surface area contributed by atoms with Crippen LogP contribution < -0.4 is 5.32 Å². The zero-order chi connectivity index (χ0) is 40.4. The molecule has 1 aliphatic heterocycles. The highest BCUT2D eigenvalue weighted by Crippen LogP contribution is 2.41. The minimum Gasteiger partial charge on any atom is -0.456 e. The summed E-state index contributed by atoms with van der Waals surface area (Å²) < 4.78 is 8.89. The first-order chi connectivity index (χ1) is 30.2. The van der Waals surface area contributed by atoms with Crippen LogP contribution in [0.1, 0.15) is 29.7 Å². The second-order valence-corrected chi connectivity index (χ2v) is 15.9. The highest BCUT2D eigenvalue weighted by Gasteiger charge is 2.25. The van der Waals surface area contributed by atoms with E-state index in [4.69, 9.17) is 14.4 Å². The summed E-state index contributed by atoms with van der Waals surface area (Å²) in [7, 11) is 0. The molecule has 0 aliphatic carbocycles. The molecule has 5 heteroatoms. The number of hydrogen-bond acceptors (Lipinski definition) is 4. The summed E-state index contributed by atoms with van der Waals surface area (Å²) in [4.78, 5) is 10.2. The van der Waals surface area contributed by atoms with Gasteiger partial charge in [0.1, 0.15) is 17.0 Å². The molecule has 11 aromatic rings. The average Bonchev–Trinajstić information content (AvgIpc) is 3.87. The summed E-state index contributed by atoms with van der Waals surface area (Å²) in [6, 6.07) is 68.9. The van der Waals surface area contributed by atoms with E-state index < -0.39 is 0 Å². The molecular weight excluding hydrogens is 745 g/mol. The molecule has 0 fully saturated rings. The van der Waals surface area contributed by atoms with Gasteiger partial charge in [-0.2, -0.15) is 0 Å². The van der Waals surface area contributed by atoms with Crippen molar-refractivity contribution in [3.8, 4) is 28.1 Å². The molecule has 0 amide bonds. The van der Waals surface area contributed by atoms with Crippen molar-refractivity contribution in [3.63, 3.8) is 0 Å². The van der Waals surface area contributed by atoms with Gasteiger partial charge in [-0.3, -0.25) is 4.98 Å². The number of nitrogens with one attached hydrogen (secondary N) is 1. The number of nitrogens with zero attached hydrogens (tertiary/aromatic N) is 3. The standard InChI is InChI=1S/C56H38N4O/c1-35-53(37-14-4-2-5-15-37)58-56(40-16-6-3-7-17-40)59-54(35)38-23-25-39(26-24-38)55-52-46-34-42(28-30-50(46)61-51(52)31-32-57-55)41-27-29-49-45(33-41)44-20-10-11-21-48(44)60(49)47-22-12-18-36-13-8-9-19-43(36)47/h2-34,53H,1H3,(H,58,59). The van der Waals surface area contributed by atoms with Gasteiger partial charge in [-0.25, -0.2) is 4.99 Å². The summed E-state index contributed by atoms with van der Waals surface area (Å²) in [5.41, 5.74) is 14.8. The Balaban J connectivity index is 0.950. The first kappa shape index (κ1) is 35.0. The Labute approximate surface area is 352 Å². The van der Waals surface area contributed by atoms with Gasteiger partial charge in [-0.1, -0.05) is 152 Å². The predicted molar refractivity (Wildman–Crippen MR) is 252 cm³/mol. The van der Waals surface area contributed by atoms with Crippen LogP contribution in [0.15, 0.2) is 215 Å². The van der Waals surface area contributed by atoms with Crippen molar-refractivity contribution < 1.29 is 4.42 Å². The number of furan rings is 1. The second-order valence-electron chi connectivity index (χ2n) is 15.9. The number of pyridine rings is 1. The SMILES string of the molecule is CC1=C(c2ccc(-c3nccc4oc5ccc(-c6ccc7c(c6)c6ccccc6n7-c6cccc7ccccc67)cc5c34)cc2)N=C(c2ccccc2)NC1c1ccccc1. The van der Waals surface area contributed by atoms with Crippen LogP contribution in [0, 0.1) is 0 Å². The minimum atomic E-state index is -0.00551. The van der Waals surface area contributed by atoms with E-state index in [-0.39, 0.29) is 6.04 Å². The molecular formula is C56H38N4O. The Morgan fingerprint density at radius 1 is 0.508 bits per heavy atom. The van der Waals surface area contributed by atoms with Crippen molar-refractivity contribution in [1.29, 1.82) is 0 Å². The first-order valence-electron chi connectivity index (χ1n) is 20.8. The molecule has 0 spiro atoms. The summed E-state index contributed by atoms with van der Waals surface area (Å²) in [5, 5.41) is 10.7. The van der Waals surface area contributed by atoms with E-state index in [2.05, 4.69) is 199 Å². The van der Waals surface area contributed by atoms with Crippen LogP contribution in [0.3, 0.4) is 0 Å². The van der Waals surface area contributed by atoms with Crippen LogP contribution in [0.2, 0.25) is 0 Å². The van der Waals surface area contributed by atoms with E-state index in [1.54, 1.807) is 0 Å². The van der Waals surface area contributed by atoms with Gasteiger partial charge in [0, 0.05) is 44.4 Å². The van der Waals surface area contributed by atoms with E-state index in [1.165, 1.54) is 49.4 Å². The predicted octanol–water partition coefficient (Wildman–Crippen LogP) is 14.1. The lowest BCUT2D eigenvalue weighted by Gasteiger charge is -2.29. The highest BCUT2D eigenvalue weighted by atomic mass is 16.3. The number of aliphatic imine (C=N–C) groups is 1. The van der Waals surface area contributed by atoms with Crippen LogP contribution in [-0.2, 0) is 0 Å². The maximum Gasteiger partial charge on any atom is 0.139 e. The molecule has 0 radical (unpaired) electrons. The molecule has 1 unspecified atom stereocenters. The Hall–Kier alpha value is -8.02. The third kappa shape index (κ3) is 5.77. The Morgan fingerprint density at radius 3 is 2.00 bits per heavy atom. The van der Waals surface area contributed by atoms with Crippen molar-refractivity contribution in [2.24, 2.45) is 4.99 Å². The van der Waals surface area contributed by atoms with Crippen molar-refractivity contribution in [2.75, 3.05) is 0 Å². The summed E-state index contributed by atoms with van der Waals surface area (Å²) >= 11 is 0. The van der Waals surface area contributed by atoms with Gasteiger partial charge >= 0.3 is 0 Å². The smallest absolute Gasteiger partial charge is 0.139 e. The van der Waals surface area contributed by atoms with Gasteiger partial charge in [0.2, 0.25) is 0 Å². The maximum absolute atomic E-state index is 6.49. The number of para-hydroxylation sites is 1. The van der Waals surface area contributed by atoms with Crippen LogP contribution in [0.4, 0.5) is 0 Å². The Bertz CT molecular complexity index is 3550. The normalized spacial score (nSPS) is 14.3. The summed E-state index contributed by atoms with van der Waals surface area (Å²) in [6.07, 6.45) is 1.84. The quantitative estimate of drug-likeness (QED) is 0.183. The lowest BCUT2D eigenvalue weighted by atomic mass is 9.93. The molecule has 3 aromatic heterocycles. The van der Waals surface area contributed by atoms with E-state index in [0.29, 0.717) is 0 Å². The fourth-order valence-electron chi connectivity index (χ4n) is 9.35. The number of aromatic nitrogens is 2. The lowest BCUT2D eigenvalue weighted by Crippen LogP contribution is -2.33. The largest absolute Gasteiger partial charge is 0.456 e. The molecule has 12 rings (SSSR count). The lowest BCUT2D eigenvalue weighted by molar-refractivity contribution is 0.668. The summed E-state index contributed by atoms with van der Waals surface area (Å²) in [6.45, 7) is 2.18. The van der Waals surface area contributed by atoms with Gasteiger partial charge in [0.25, 0.3) is 0 Å². The fraction of sp³-hybridized carbons (Fsp3) is 0.0357. The number of amidine groups is 1. The average molecular weight is 783 g/mol. The molecule has 0 bridgehead atoms. The molecule has 1 aliphatic rings. The number of benzene rings is 8. The molecule has 4 heterocycles. The third-order valence-corrected chi connectivity index (χ3v) is 12.3. The van der Waals surface area contributed by atoms with E-state index >= 15 is 0 Å². The summed E-state index contributed by atoms with van der Waals surface area (Å²) in [5.74, 6) is 0.862. The van der Waals surface area contributed by atoms with Crippen LogP contribution in [0.25, 0.3) is 88.3 Å². The van der Waals surface area contributed by atoms with Gasteiger partial charge in [-0.15, -0.1) is 0 Å². The fourth-order valence-corrected chi connectivity index (χ4v) is 9.35. The molecule has 61 heavy (non-hydrogen) atoms. The van der Waals surface area contributed by atoms with Crippen LogP contribution >= 0.6 is 0 Å². The molecule has 5 nitrogen and oxygen atoms in total. The van der Waals surface area contributed by atoms with E-state index in [1.807, 2.05) is 18.3 Å². The van der Waals surface area contributed by atoms with Crippen molar-refractivity contribution in [1.82, 2.24) is 14.9 Å². The zero-order valence-corrected chi connectivity index (χ0v) is 33.4. The Kier molecular flexibility index (Phi) is 8.07. The van der Waals surface area contributed by atoms with Crippen molar-refractivity contribution in [3.05, 3.63) is 223 Å². The second kappa shape index (κ2) is 14.1. The molecule has 0 saturated heterocycles. The van der Waals surface area contributed by atoms with Gasteiger partial charge < -0.3 is 14.3 Å².